The molecule has 0 fully saturated rings. The standard InChI is InChI=1S/C17H14N4O2/c1-2-4-13-12(3-1)16(20-21-8-7-18-19-17(13)21)11-5-6-14-15(9-11)23-10-22-14/h1-6,9,18H,7-8,10H2. The van der Waals surface area contributed by atoms with E-state index in [4.69, 9.17) is 14.6 Å². The van der Waals surface area contributed by atoms with Gasteiger partial charge in [-0.05, 0) is 18.2 Å². The zero-order valence-corrected chi connectivity index (χ0v) is 12.3. The Balaban J connectivity index is 1.69. The third-order valence-corrected chi connectivity index (χ3v) is 4.15. The Labute approximate surface area is 133 Å². The van der Waals surface area contributed by atoms with Gasteiger partial charge in [-0.15, -0.1) is 0 Å². The lowest BCUT2D eigenvalue weighted by Gasteiger charge is -2.31. The second-order valence-electron chi connectivity index (χ2n) is 5.53. The average Bonchev–Trinajstić information content (AvgIpc) is 3.09. The summed E-state index contributed by atoms with van der Waals surface area (Å²) in [6.07, 6.45) is 0. The van der Waals surface area contributed by atoms with Gasteiger partial charge in [0.25, 0.3) is 0 Å². The predicted octanol–water partition coefficient (Wildman–Crippen LogP) is 1.75. The molecule has 0 saturated carbocycles. The molecule has 23 heavy (non-hydrogen) atoms. The van der Waals surface area contributed by atoms with Crippen molar-refractivity contribution >= 4 is 11.5 Å². The number of benzene rings is 2. The molecule has 0 saturated heterocycles. The first kappa shape index (κ1) is 12.5. The summed E-state index contributed by atoms with van der Waals surface area (Å²) in [5, 5.41) is 11.2. The maximum absolute atomic E-state index is 5.50. The van der Waals surface area contributed by atoms with Crippen LogP contribution in [-0.2, 0) is 0 Å². The smallest absolute Gasteiger partial charge is 0.231 e. The Bertz CT molecular complexity index is 859. The molecule has 0 spiro atoms. The molecule has 0 aliphatic carbocycles. The first-order valence-electron chi connectivity index (χ1n) is 7.57. The van der Waals surface area contributed by atoms with Crippen LogP contribution in [0.15, 0.2) is 52.7 Å². The lowest BCUT2D eigenvalue weighted by molar-refractivity contribution is 0.174. The molecule has 0 unspecified atom stereocenters. The van der Waals surface area contributed by atoms with E-state index in [9.17, 15) is 0 Å². The van der Waals surface area contributed by atoms with Gasteiger partial charge in [-0.3, -0.25) is 0 Å². The van der Waals surface area contributed by atoms with E-state index in [0.717, 1.165) is 52.8 Å². The largest absolute Gasteiger partial charge is 0.454 e. The second-order valence-corrected chi connectivity index (χ2v) is 5.53. The fourth-order valence-electron chi connectivity index (χ4n) is 3.06. The monoisotopic (exact) mass is 306 g/mol. The van der Waals surface area contributed by atoms with E-state index in [1.54, 1.807) is 0 Å². The van der Waals surface area contributed by atoms with E-state index in [-0.39, 0.29) is 6.79 Å². The van der Waals surface area contributed by atoms with Crippen molar-refractivity contribution in [2.75, 3.05) is 19.9 Å². The Morgan fingerprint density at radius 1 is 1.00 bits per heavy atom. The van der Waals surface area contributed by atoms with Crippen LogP contribution in [0.2, 0.25) is 0 Å². The number of fused-ring (bicyclic) bond motifs is 4. The maximum atomic E-state index is 5.50. The second kappa shape index (κ2) is 4.74. The summed E-state index contributed by atoms with van der Waals surface area (Å²) in [6.45, 7) is 1.85. The summed E-state index contributed by atoms with van der Waals surface area (Å²) in [4.78, 5) is 0. The van der Waals surface area contributed by atoms with Crippen molar-refractivity contribution < 1.29 is 9.47 Å². The number of nitrogens with zero attached hydrogens (tertiary/aromatic N) is 3. The van der Waals surface area contributed by atoms with Crippen molar-refractivity contribution in [1.29, 1.82) is 0 Å². The van der Waals surface area contributed by atoms with E-state index < -0.39 is 0 Å². The average molecular weight is 306 g/mol. The van der Waals surface area contributed by atoms with Crippen LogP contribution >= 0.6 is 0 Å². The van der Waals surface area contributed by atoms with Crippen LogP contribution in [0.4, 0.5) is 0 Å². The summed E-state index contributed by atoms with van der Waals surface area (Å²) < 4.78 is 10.9. The number of hydrogen-bond acceptors (Lipinski definition) is 6. The van der Waals surface area contributed by atoms with Gasteiger partial charge < -0.3 is 14.9 Å². The van der Waals surface area contributed by atoms with Crippen LogP contribution in [0.5, 0.6) is 11.5 Å². The van der Waals surface area contributed by atoms with Gasteiger partial charge in [0.15, 0.2) is 17.3 Å². The predicted molar refractivity (Wildman–Crippen MR) is 85.9 cm³/mol. The van der Waals surface area contributed by atoms with Crippen molar-refractivity contribution in [2.24, 2.45) is 10.2 Å². The third kappa shape index (κ3) is 1.88. The topological polar surface area (TPSA) is 58.5 Å². The van der Waals surface area contributed by atoms with E-state index in [2.05, 4.69) is 22.7 Å². The fourth-order valence-corrected chi connectivity index (χ4v) is 3.06. The molecule has 0 radical (unpaired) electrons. The zero-order chi connectivity index (χ0) is 15.2. The van der Waals surface area contributed by atoms with Gasteiger partial charge in [0.05, 0.1) is 18.8 Å². The summed E-state index contributed by atoms with van der Waals surface area (Å²) in [7, 11) is 0. The fraction of sp³-hybridized carbons (Fsp3) is 0.176. The summed E-state index contributed by atoms with van der Waals surface area (Å²) in [5.74, 6) is 2.42. The SMILES string of the molecule is c1ccc2c(c1)C(c1ccc3c(c1)OCO3)=NN1CCNN=C21. The van der Waals surface area contributed by atoms with Gasteiger partial charge >= 0.3 is 0 Å². The van der Waals surface area contributed by atoms with Gasteiger partial charge in [-0.25, -0.2) is 5.01 Å². The quantitative estimate of drug-likeness (QED) is 0.872. The van der Waals surface area contributed by atoms with E-state index in [1.807, 2.05) is 35.3 Å². The number of hydrogen-bond donors (Lipinski definition) is 1. The molecule has 5 rings (SSSR count). The molecule has 0 aromatic heterocycles. The van der Waals surface area contributed by atoms with Crippen LogP contribution in [0.3, 0.4) is 0 Å². The normalized spacial score (nSPS) is 17.7. The Kier molecular flexibility index (Phi) is 2.58. The van der Waals surface area contributed by atoms with Crippen LogP contribution in [0.1, 0.15) is 16.7 Å². The molecule has 6 heteroatoms. The molecule has 2 aromatic rings. The highest BCUT2D eigenvalue weighted by atomic mass is 16.7. The Hall–Kier alpha value is -3.02. The Morgan fingerprint density at radius 3 is 2.83 bits per heavy atom. The van der Waals surface area contributed by atoms with Crippen molar-refractivity contribution in [3.63, 3.8) is 0 Å². The molecule has 0 bridgehead atoms. The van der Waals surface area contributed by atoms with E-state index >= 15 is 0 Å². The van der Waals surface area contributed by atoms with Crippen molar-refractivity contribution in [1.82, 2.24) is 10.4 Å². The summed E-state index contributed by atoms with van der Waals surface area (Å²) in [5.41, 5.74) is 7.16. The van der Waals surface area contributed by atoms with Crippen molar-refractivity contribution in [3.8, 4) is 11.5 Å². The molecule has 2 aromatic carbocycles. The molecule has 0 atom stereocenters. The Morgan fingerprint density at radius 2 is 1.87 bits per heavy atom. The van der Waals surface area contributed by atoms with Gasteiger partial charge in [0.1, 0.15) is 0 Å². The molecule has 1 N–H and O–H groups in total. The van der Waals surface area contributed by atoms with Crippen molar-refractivity contribution in [3.05, 3.63) is 59.2 Å². The lowest BCUT2D eigenvalue weighted by Crippen LogP contribution is -2.42. The van der Waals surface area contributed by atoms with Crippen molar-refractivity contribution in [2.45, 2.75) is 0 Å². The van der Waals surface area contributed by atoms with Crippen LogP contribution in [0.25, 0.3) is 0 Å². The highest BCUT2D eigenvalue weighted by Crippen LogP contribution is 2.34. The van der Waals surface area contributed by atoms with Gasteiger partial charge in [-0.2, -0.15) is 10.2 Å². The number of hydrazone groups is 2. The van der Waals surface area contributed by atoms with Crippen LogP contribution in [0, 0.1) is 0 Å². The highest BCUT2D eigenvalue weighted by Gasteiger charge is 2.28. The lowest BCUT2D eigenvalue weighted by atomic mass is 9.95. The number of ether oxygens (including phenoxy) is 2. The summed E-state index contributed by atoms with van der Waals surface area (Å²) in [6, 6.07) is 14.1. The van der Waals surface area contributed by atoms with Gasteiger partial charge in [0.2, 0.25) is 6.79 Å². The number of nitrogens with one attached hydrogen (secondary N) is 1. The van der Waals surface area contributed by atoms with E-state index in [1.165, 1.54) is 0 Å². The maximum Gasteiger partial charge on any atom is 0.231 e. The first-order valence-corrected chi connectivity index (χ1v) is 7.57. The first-order chi connectivity index (χ1) is 11.4. The van der Waals surface area contributed by atoms with Crippen LogP contribution < -0.4 is 14.9 Å². The zero-order valence-electron chi connectivity index (χ0n) is 12.3. The molecule has 3 aliphatic rings. The molecule has 114 valence electrons. The van der Waals surface area contributed by atoms with Gasteiger partial charge in [0, 0.05) is 16.7 Å². The minimum atomic E-state index is 0.274. The molecule has 6 nitrogen and oxygen atoms in total. The van der Waals surface area contributed by atoms with Crippen LogP contribution in [-0.4, -0.2) is 36.4 Å². The molecule has 3 aliphatic heterocycles. The minimum Gasteiger partial charge on any atom is -0.454 e. The third-order valence-electron chi connectivity index (χ3n) is 4.15. The van der Waals surface area contributed by atoms with Gasteiger partial charge in [-0.1, -0.05) is 24.3 Å². The molecule has 3 heterocycles. The molecular weight excluding hydrogens is 292 g/mol. The van der Waals surface area contributed by atoms with E-state index in [0.29, 0.717) is 0 Å². The number of amidine groups is 1. The molecule has 0 amide bonds. The number of rotatable bonds is 1. The molecular formula is C17H14N4O2. The summed E-state index contributed by atoms with van der Waals surface area (Å²) >= 11 is 0. The minimum absolute atomic E-state index is 0.274. The highest BCUT2D eigenvalue weighted by molar-refractivity contribution is 6.21.